The number of imidazole rings is 2. The normalized spacial score (nSPS) is 12.8. The smallest absolute Gasteiger partial charge is 0.256 e. The fourth-order valence-electron chi connectivity index (χ4n) is 14.1. The molecule has 2 aromatic heterocycles. The van der Waals surface area contributed by atoms with Crippen molar-refractivity contribution in [3.63, 3.8) is 0 Å². The molecule has 12 aromatic carbocycles. The number of benzene rings is 12. The van der Waals surface area contributed by atoms with Crippen LogP contribution >= 0.6 is 0 Å². The summed E-state index contributed by atoms with van der Waals surface area (Å²) in [5, 5.41) is 0. The largest absolute Gasteiger partial charge is 0.458 e. The Bertz CT molecular complexity index is 4870. The van der Waals surface area contributed by atoms with Crippen molar-refractivity contribution in [1.29, 1.82) is 0 Å². The first-order valence-electron chi connectivity index (χ1n) is 28.7. The molecule has 0 atom stereocenters. The number of anilines is 9. The average Bonchev–Trinajstić information content (AvgIpc) is 1.26. The summed E-state index contributed by atoms with van der Waals surface area (Å²) in [4.78, 5) is 18.3. The van der Waals surface area contributed by atoms with Crippen LogP contribution in [0.1, 0.15) is 0 Å². The summed E-state index contributed by atoms with van der Waals surface area (Å²) in [6.07, 6.45) is 0. The zero-order chi connectivity index (χ0) is 55.0. The molecular weight excluding hydrogens is 1020 g/mol. The van der Waals surface area contributed by atoms with Gasteiger partial charge in [0.05, 0.1) is 33.4 Å². The predicted octanol–water partition coefficient (Wildman–Crippen LogP) is 14.2. The van der Waals surface area contributed by atoms with Gasteiger partial charge in [-0.2, -0.15) is 0 Å². The second kappa shape index (κ2) is 18.2. The van der Waals surface area contributed by atoms with E-state index in [-0.39, 0.29) is 13.4 Å². The molecule has 0 N–H and O–H groups in total. The third-order valence-corrected chi connectivity index (χ3v) is 17.5. The fraction of sp³-hybridized carbons (Fsp3) is 0. The van der Waals surface area contributed by atoms with Crippen LogP contribution in [0.3, 0.4) is 0 Å². The molecular formula is C74H47B2N7O. The minimum atomic E-state index is -0.204. The first-order chi connectivity index (χ1) is 41.7. The lowest BCUT2D eigenvalue weighted by Gasteiger charge is -2.42. The van der Waals surface area contributed by atoms with Gasteiger partial charge in [-0.3, -0.25) is 9.13 Å². The van der Waals surface area contributed by atoms with E-state index in [0.29, 0.717) is 0 Å². The summed E-state index contributed by atoms with van der Waals surface area (Å²) in [6, 6.07) is 103. The number of rotatable bonds is 9. The Kier molecular flexibility index (Phi) is 10.1. The molecule has 0 amide bonds. The molecule has 10 heteroatoms. The van der Waals surface area contributed by atoms with Crippen molar-refractivity contribution >= 4 is 119 Å². The highest BCUT2D eigenvalue weighted by molar-refractivity contribution is 7.02. The zero-order valence-electron chi connectivity index (χ0n) is 45.3. The van der Waals surface area contributed by atoms with Gasteiger partial charge in [-0.15, -0.1) is 0 Å². The molecule has 0 saturated heterocycles. The van der Waals surface area contributed by atoms with Crippen molar-refractivity contribution in [2.75, 3.05) is 14.7 Å². The molecule has 6 heterocycles. The van der Waals surface area contributed by atoms with Gasteiger partial charge in [0.2, 0.25) is 0 Å². The summed E-state index contributed by atoms with van der Waals surface area (Å²) >= 11 is 0. The Morgan fingerprint density at radius 1 is 0.310 bits per heavy atom. The molecule has 14 aromatic rings. The summed E-state index contributed by atoms with van der Waals surface area (Å²) in [5.41, 5.74) is 24.8. The molecule has 390 valence electrons. The molecule has 4 aliphatic rings. The van der Waals surface area contributed by atoms with Gasteiger partial charge in [0.15, 0.2) is 0 Å². The standard InChI is InChI=1S/C74H47B2N7O/c1-8-24-48(25-9-1)73-77-61-40-22-38-57-71(61)82(73)65-43-55(79(50-28-12-3-13-29-50)51-30-14-4-15-31-51)42-64-69(65)75(57)59-46-60-67(47-63(59)81(64)54-36-20-7-21-37-54)84-68-45-56(80(52-32-16-5-17-33-52)53-34-18-6-19-35-53)44-66-70(68)76(60)58-39-23-41-62-72(58)83(66)74(78-62)49-26-10-2-11-27-49/h1-47H. The Hall–Kier alpha value is -11.1. The van der Waals surface area contributed by atoms with E-state index in [9.17, 15) is 0 Å². The molecule has 84 heavy (non-hydrogen) atoms. The van der Waals surface area contributed by atoms with Crippen LogP contribution in [-0.4, -0.2) is 32.5 Å². The van der Waals surface area contributed by atoms with Gasteiger partial charge in [-0.25, -0.2) is 9.97 Å². The van der Waals surface area contributed by atoms with Crippen LogP contribution in [0.5, 0.6) is 11.5 Å². The van der Waals surface area contributed by atoms with E-state index in [2.05, 4.69) is 309 Å². The van der Waals surface area contributed by atoms with Crippen LogP contribution in [0.4, 0.5) is 51.2 Å². The maximum Gasteiger partial charge on any atom is 0.256 e. The quantitative estimate of drug-likeness (QED) is 0.134. The van der Waals surface area contributed by atoms with E-state index in [1.165, 1.54) is 21.9 Å². The Morgan fingerprint density at radius 2 is 0.726 bits per heavy atom. The lowest BCUT2D eigenvalue weighted by atomic mass is 9.31. The minimum absolute atomic E-state index is 0.189. The Morgan fingerprint density at radius 3 is 1.21 bits per heavy atom. The topological polar surface area (TPSA) is 54.6 Å². The third kappa shape index (κ3) is 6.85. The van der Waals surface area contributed by atoms with E-state index < -0.39 is 0 Å². The highest BCUT2D eigenvalue weighted by Crippen LogP contribution is 2.48. The summed E-state index contributed by atoms with van der Waals surface area (Å²) in [5.74, 6) is 3.41. The molecule has 4 aliphatic heterocycles. The van der Waals surface area contributed by atoms with Crippen molar-refractivity contribution in [3.8, 4) is 45.6 Å². The van der Waals surface area contributed by atoms with Crippen LogP contribution < -0.4 is 52.2 Å². The van der Waals surface area contributed by atoms with E-state index in [1.54, 1.807) is 0 Å². The number of hydrogen-bond donors (Lipinski definition) is 0. The van der Waals surface area contributed by atoms with Gasteiger partial charge < -0.3 is 19.4 Å². The summed E-state index contributed by atoms with van der Waals surface area (Å²) < 4.78 is 12.5. The molecule has 0 radical (unpaired) electrons. The molecule has 8 nitrogen and oxygen atoms in total. The highest BCUT2D eigenvalue weighted by atomic mass is 16.5. The lowest BCUT2D eigenvalue weighted by Crippen LogP contribution is -2.63. The van der Waals surface area contributed by atoms with Crippen LogP contribution in [0.25, 0.3) is 56.2 Å². The van der Waals surface area contributed by atoms with Crippen molar-refractivity contribution in [2.24, 2.45) is 0 Å². The van der Waals surface area contributed by atoms with E-state index >= 15 is 0 Å². The third-order valence-electron chi connectivity index (χ3n) is 17.5. The highest BCUT2D eigenvalue weighted by Gasteiger charge is 2.47. The maximum absolute atomic E-state index is 7.70. The van der Waals surface area contributed by atoms with Gasteiger partial charge in [0.1, 0.15) is 23.1 Å². The number of aromatic nitrogens is 4. The van der Waals surface area contributed by atoms with E-state index in [1.807, 2.05) is 0 Å². The molecule has 0 bridgehead atoms. The van der Waals surface area contributed by atoms with Gasteiger partial charge in [0, 0.05) is 74.4 Å². The number of ether oxygens (including phenoxy) is 1. The van der Waals surface area contributed by atoms with Crippen LogP contribution in [0, 0.1) is 0 Å². The molecule has 0 aliphatic carbocycles. The predicted molar refractivity (Wildman–Crippen MR) is 346 cm³/mol. The van der Waals surface area contributed by atoms with E-state index in [0.717, 1.165) is 130 Å². The molecule has 0 saturated carbocycles. The van der Waals surface area contributed by atoms with Gasteiger partial charge in [0.25, 0.3) is 13.4 Å². The Balaban J connectivity index is 0.940. The Labute approximate surface area is 486 Å². The number of fused-ring (bicyclic) bond motifs is 8. The van der Waals surface area contributed by atoms with Crippen molar-refractivity contribution < 1.29 is 4.74 Å². The van der Waals surface area contributed by atoms with Gasteiger partial charge in [-0.1, -0.05) is 182 Å². The van der Waals surface area contributed by atoms with Crippen molar-refractivity contribution in [1.82, 2.24) is 19.1 Å². The monoisotopic (exact) mass is 1070 g/mol. The summed E-state index contributed by atoms with van der Waals surface area (Å²) in [7, 11) is 0. The van der Waals surface area contributed by atoms with Gasteiger partial charge >= 0.3 is 0 Å². The van der Waals surface area contributed by atoms with Crippen LogP contribution in [0.2, 0.25) is 0 Å². The summed E-state index contributed by atoms with van der Waals surface area (Å²) in [6.45, 7) is -0.393. The van der Waals surface area contributed by atoms with Crippen molar-refractivity contribution in [3.05, 3.63) is 285 Å². The van der Waals surface area contributed by atoms with Crippen molar-refractivity contribution in [2.45, 2.75) is 0 Å². The lowest BCUT2D eigenvalue weighted by molar-refractivity contribution is 0.487. The molecule has 0 spiro atoms. The van der Waals surface area contributed by atoms with E-state index in [4.69, 9.17) is 14.7 Å². The first-order valence-corrected chi connectivity index (χ1v) is 28.7. The van der Waals surface area contributed by atoms with Crippen LogP contribution in [0.15, 0.2) is 285 Å². The first kappa shape index (κ1) is 46.6. The van der Waals surface area contributed by atoms with Crippen LogP contribution in [-0.2, 0) is 0 Å². The number of nitrogens with zero attached hydrogens (tertiary/aromatic N) is 7. The zero-order valence-corrected chi connectivity index (χ0v) is 45.3. The molecule has 0 unspecified atom stereocenters. The average molecular weight is 1070 g/mol. The fourth-order valence-corrected chi connectivity index (χ4v) is 14.1. The second-order valence-electron chi connectivity index (χ2n) is 22.1. The number of hydrogen-bond acceptors (Lipinski definition) is 6. The molecule has 0 fully saturated rings. The molecule has 18 rings (SSSR count). The number of para-hydroxylation sites is 7. The van der Waals surface area contributed by atoms with Gasteiger partial charge in [-0.05, 0) is 124 Å². The SMILES string of the molecule is c1ccc(-c2nc3cccc4c3n2-c2cc(N(c3ccccc3)c3ccccc3)cc3c2B4c2cc4c(cc2O3)N(c2ccccc2)c2cc(N(c3ccccc3)c3ccccc3)cc3c2B4c2cccc4nc(-c5ccccc5)n-3c24)cc1. The maximum atomic E-state index is 7.70. The second-order valence-corrected chi connectivity index (χ2v) is 22.1. The minimum Gasteiger partial charge on any atom is -0.458 e.